The molecule has 1 aromatic heterocycles. The van der Waals surface area contributed by atoms with Crippen LogP contribution in [0.15, 0.2) is 10.9 Å². The molecule has 1 aliphatic carbocycles. The Morgan fingerprint density at radius 1 is 1.29 bits per heavy atom. The molecule has 0 saturated carbocycles. The van der Waals surface area contributed by atoms with E-state index < -0.39 is 0 Å². The van der Waals surface area contributed by atoms with Gasteiger partial charge in [0.1, 0.15) is 6.54 Å². The molecule has 24 heavy (non-hydrogen) atoms. The third-order valence-electron chi connectivity index (χ3n) is 5.26. The molecule has 3 rings (SSSR count). The maximum Gasteiger partial charge on any atom is 0.267 e. The van der Waals surface area contributed by atoms with E-state index in [0.29, 0.717) is 12.6 Å². The van der Waals surface area contributed by atoms with Crippen molar-refractivity contribution in [2.45, 2.75) is 64.5 Å². The smallest absolute Gasteiger partial charge is 0.267 e. The molecule has 1 saturated heterocycles. The van der Waals surface area contributed by atoms with Crippen LogP contribution in [-0.4, -0.2) is 46.3 Å². The zero-order valence-corrected chi connectivity index (χ0v) is 14.6. The Hall–Kier alpha value is -1.69. The van der Waals surface area contributed by atoms with Crippen molar-refractivity contribution in [3.05, 3.63) is 27.7 Å². The van der Waals surface area contributed by atoms with E-state index in [0.717, 1.165) is 56.5 Å². The number of aryl methyl sites for hydroxylation is 2. The summed E-state index contributed by atoms with van der Waals surface area (Å²) >= 11 is 0. The standard InChI is InChI=1S/C18H28N4O2/c1-2-21-10-6-8-15(21)12-19-17(23)13-22-18(24)11-14-7-4-3-5-9-16(14)20-22/h11,15H,2-10,12-13H2,1H3,(H,19,23). The first-order valence-corrected chi connectivity index (χ1v) is 9.28. The van der Waals surface area contributed by atoms with Gasteiger partial charge in [-0.1, -0.05) is 13.3 Å². The van der Waals surface area contributed by atoms with Crippen molar-refractivity contribution >= 4 is 5.91 Å². The van der Waals surface area contributed by atoms with Crippen LogP contribution in [0, 0.1) is 0 Å². The van der Waals surface area contributed by atoms with Gasteiger partial charge in [-0.25, -0.2) is 4.68 Å². The summed E-state index contributed by atoms with van der Waals surface area (Å²) in [4.78, 5) is 26.8. The van der Waals surface area contributed by atoms with Crippen LogP contribution in [0.25, 0.3) is 0 Å². The topological polar surface area (TPSA) is 67.2 Å². The number of hydrogen-bond donors (Lipinski definition) is 1. The molecule has 6 nitrogen and oxygen atoms in total. The number of nitrogens with one attached hydrogen (secondary N) is 1. The summed E-state index contributed by atoms with van der Waals surface area (Å²) < 4.78 is 1.33. The Morgan fingerprint density at radius 3 is 2.96 bits per heavy atom. The van der Waals surface area contributed by atoms with Crippen molar-refractivity contribution in [3.8, 4) is 0 Å². The predicted molar refractivity (Wildman–Crippen MR) is 93.0 cm³/mol. The average Bonchev–Trinajstić information content (AvgIpc) is 2.92. The van der Waals surface area contributed by atoms with Gasteiger partial charge in [0.05, 0.1) is 5.69 Å². The van der Waals surface area contributed by atoms with Crippen LogP contribution in [0.1, 0.15) is 50.3 Å². The highest BCUT2D eigenvalue weighted by molar-refractivity contribution is 5.75. The maximum absolute atomic E-state index is 12.2. The Morgan fingerprint density at radius 2 is 2.12 bits per heavy atom. The molecule has 0 aromatic carbocycles. The van der Waals surface area contributed by atoms with E-state index in [1.807, 2.05) is 0 Å². The second-order valence-electron chi connectivity index (χ2n) is 6.90. The van der Waals surface area contributed by atoms with Gasteiger partial charge in [0.15, 0.2) is 0 Å². The van der Waals surface area contributed by atoms with Crippen molar-refractivity contribution in [3.63, 3.8) is 0 Å². The second-order valence-corrected chi connectivity index (χ2v) is 6.90. The Kier molecular flexibility index (Phi) is 5.66. The van der Waals surface area contributed by atoms with Crippen LogP contribution >= 0.6 is 0 Å². The summed E-state index contributed by atoms with van der Waals surface area (Å²) in [6.07, 6.45) is 7.57. The monoisotopic (exact) mass is 332 g/mol. The Balaban J connectivity index is 1.60. The fourth-order valence-corrected chi connectivity index (χ4v) is 3.86. The lowest BCUT2D eigenvalue weighted by atomic mass is 10.1. The average molecular weight is 332 g/mol. The summed E-state index contributed by atoms with van der Waals surface area (Å²) in [7, 11) is 0. The van der Waals surface area contributed by atoms with Crippen molar-refractivity contribution in [2.75, 3.05) is 19.6 Å². The molecule has 0 spiro atoms. The number of carbonyl (C=O) groups excluding carboxylic acids is 1. The SMILES string of the molecule is CCN1CCCC1CNC(=O)Cn1nc2c(cc1=O)CCCCC2. The first-order valence-electron chi connectivity index (χ1n) is 9.28. The molecule has 2 aliphatic rings. The van der Waals surface area contributed by atoms with Crippen LogP contribution in [0.2, 0.25) is 0 Å². The lowest BCUT2D eigenvalue weighted by Gasteiger charge is -2.22. The molecule has 1 fully saturated rings. The zero-order valence-electron chi connectivity index (χ0n) is 14.6. The molecular formula is C18H28N4O2. The van der Waals surface area contributed by atoms with Gasteiger partial charge in [-0.05, 0) is 57.2 Å². The van der Waals surface area contributed by atoms with Crippen LogP contribution in [0.3, 0.4) is 0 Å². The first kappa shape index (κ1) is 17.1. The zero-order chi connectivity index (χ0) is 16.9. The number of aromatic nitrogens is 2. The van der Waals surface area contributed by atoms with Gasteiger partial charge in [-0.3, -0.25) is 14.5 Å². The van der Waals surface area contributed by atoms with Crippen LogP contribution in [0.5, 0.6) is 0 Å². The van der Waals surface area contributed by atoms with E-state index in [2.05, 4.69) is 22.2 Å². The second kappa shape index (κ2) is 7.92. The number of likely N-dealkylation sites (tertiary alicyclic amines) is 1. The number of fused-ring (bicyclic) bond motifs is 1. The van der Waals surface area contributed by atoms with E-state index in [1.165, 1.54) is 17.5 Å². The molecule has 6 heteroatoms. The predicted octanol–water partition coefficient (Wildman–Crippen LogP) is 1.11. The minimum atomic E-state index is -0.165. The highest BCUT2D eigenvalue weighted by atomic mass is 16.2. The van der Waals surface area contributed by atoms with E-state index >= 15 is 0 Å². The van der Waals surface area contributed by atoms with Gasteiger partial charge in [0, 0.05) is 18.7 Å². The third kappa shape index (κ3) is 4.04. The van der Waals surface area contributed by atoms with Gasteiger partial charge < -0.3 is 5.32 Å². The molecule has 1 aromatic rings. The lowest BCUT2D eigenvalue weighted by Crippen LogP contribution is -2.42. The fourth-order valence-electron chi connectivity index (χ4n) is 3.86. The summed E-state index contributed by atoms with van der Waals surface area (Å²) in [5, 5.41) is 7.43. The van der Waals surface area contributed by atoms with E-state index in [9.17, 15) is 9.59 Å². The number of likely N-dealkylation sites (N-methyl/N-ethyl adjacent to an activating group) is 1. The number of carbonyl (C=O) groups is 1. The number of nitrogens with zero attached hydrogens (tertiary/aromatic N) is 3. The fraction of sp³-hybridized carbons (Fsp3) is 0.722. The Bertz CT molecular complexity index is 640. The van der Waals surface area contributed by atoms with Crippen molar-refractivity contribution < 1.29 is 4.79 Å². The van der Waals surface area contributed by atoms with Gasteiger partial charge in [0.2, 0.25) is 5.91 Å². The van der Waals surface area contributed by atoms with Gasteiger partial charge in [-0.2, -0.15) is 5.10 Å². The normalized spacial score (nSPS) is 21.3. The van der Waals surface area contributed by atoms with Crippen molar-refractivity contribution in [1.82, 2.24) is 20.0 Å². The van der Waals surface area contributed by atoms with Gasteiger partial charge in [0.25, 0.3) is 5.56 Å². The van der Waals surface area contributed by atoms with E-state index in [1.54, 1.807) is 6.07 Å². The van der Waals surface area contributed by atoms with Crippen molar-refractivity contribution in [2.24, 2.45) is 0 Å². The first-order chi connectivity index (χ1) is 11.7. The third-order valence-corrected chi connectivity index (χ3v) is 5.26. The van der Waals surface area contributed by atoms with Crippen molar-refractivity contribution in [1.29, 1.82) is 0 Å². The van der Waals surface area contributed by atoms with E-state index in [4.69, 9.17) is 0 Å². The molecule has 2 heterocycles. The maximum atomic E-state index is 12.2. The molecule has 1 N–H and O–H groups in total. The van der Waals surface area contributed by atoms with Crippen LogP contribution < -0.4 is 10.9 Å². The van der Waals surface area contributed by atoms with Crippen LogP contribution in [-0.2, 0) is 24.2 Å². The molecule has 0 bridgehead atoms. The molecule has 132 valence electrons. The minimum absolute atomic E-state index is 0.0188. The van der Waals surface area contributed by atoms with Gasteiger partial charge >= 0.3 is 0 Å². The number of hydrogen-bond acceptors (Lipinski definition) is 4. The minimum Gasteiger partial charge on any atom is -0.353 e. The van der Waals surface area contributed by atoms with Crippen LogP contribution in [0.4, 0.5) is 0 Å². The Labute approximate surface area is 143 Å². The summed E-state index contributed by atoms with van der Waals surface area (Å²) in [5.74, 6) is -0.124. The van der Waals surface area contributed by atoms with E-state index in [-0.39, 0.29) is 18.0 Å². The quantitative estimate of drug-likeness (QED) is 0.821. The van der Waals surface area contributed by atoms with Gasteiger partial charge in [-0.15, -0.1) is 0 Å². The molecule has 1 atom stereocenters. The molecule has 0 radical (unpaired) electrons. The molecule has 1 unspecified atom stereocenters. The number of rotatable bonds is 5. The molecule has 1 aliphatic heterocycles. The highest BCUT2D eigenvalue weighted by Crippen LogP contribution is 2.17. The molecule has 1 amide bonds. The summed E-state index contributed by atoms with van der Waals surface area (Å²) in [5.41, 5.74) is 1.90. The summed E-state index contributed by atoms with van der Waals surface area (Å²) in [6.45, 7) is 4.96. The molecular weight excluding hydrogens is 304 g/mol. The highest BCUT2D eigenvalue weighted by Gasteiger charge is 2.23. The largest absolute Gasteiger partial charge is 0.353 e. The lowest BCUT2D eigenvalue weighted by molar-refractivity contribution is -0.122. The summed E-state index contributed by atoms with van der Waals surface area (Å²) in [6, 6.07) is 2.10. The number of amides is 1.